The largest absolute Gasteiger partial charge is 0.458 e. The lowest BCUT2D eigenvalue weighted by Gasteiger charge is -2.47. The van der Waals surface area contributed by atoms with Crippen LogP contribution in [0.25, 0.3) is 0 Å². The van der Waals surface area contributed by atoms with Gasteiger partial charge in [-0.3, -0.25) is 4.79 Å². The quantitative estimate of drug-likeness (QED) is 0.486. The van der Waals surface area contributed by atoms with Crippen molar-refractivity contribution in [3.8, 4) is 0 Å². The highest BCUT2D eigenvalue weighted by molar-refractivity contribution is 5.93. The van der Waals surface area contributed by atoms with Crippen LogP contribution in [0.4, 0.5) is 0 Å². The molecular weight excluding hydrogens is 228 g/mol. The van der Waals surface area contributed by atoms with E-state index in [0.29, 0.717) is 11.5 Å². The van der Waals surface area contributed by atoms with Gasteiger partial charge in [0.1, 0.15) is 6.10 Å². The number of hydrogen-bond acceptors (Lipinski definition) is 3. The van der Waals surface area contributed by atoms with Crippen molar-refractivity contribution >= 4 is 11.8 Å². The molecule has 1 aliphatic heterocycles. The van der Waals surface area contributed by atoms with Crippen molar-refractivity contribution in [1.29, 1.82) is 0 Å². The molecule has 0 unspecified atom stereocenters. The van der Waals surface area contributed by atoms with Gasteiger partial charge in [0.05, 0.1) is 0 Å². The summed E-state index contributed by atoms with van der Waals surface area (Å²) in [4.78, 5) is 23.4. The maximum Gasteiger partial charge on any atom is 0.334 e. The molecule has 0 spiro atoms. The molecule has 2 fully saturated rings. The number of esters is 1. The molecule has 0 N–H and O–H groups in total. The number of allylic oxidation sites excluding steroid dienone is 2. The fraction of sp³-hybridized carbons (Fsp3) is 0.600. The Morgan fingerprint density at radius 1 is 1.44 bits per heavy atom. The lowest BCUT2D eigenvalue weighted by Crippen LogP contribution is -2.46. The summed E-state index contributed by atoms with van der Waals surface area (Å²) in [6.07, 6.45) is 5.32. The number of ether oxygens (including phenoxy) is 1. The summed E-state index contributed by atoms with van der Waals surface area (Å²) in [7, 11) is 0. The van der Waals surface area contributed by atoms with Crippen LogP contribution >= 0.6 is 0 Å². The van der Waals surface area contributed by atoms with E-state index in [0.717, 1.165) is 12.8 Å². The highest BCUT2D eigenvalue weighted by Gasteiger charge is 2.53. The van der Waals surface area contributed by atoms with Crippen LogP contribution in [0.2, 0.25) is 0 Å². The van der Waals surface area contributed by atoms with E-state index in [1.807, 2.05) is 13.0 Å². The van der Waals surface area contributed by atoms with E-state index >= 15 is 0 Å². The van der Waals surface area contributed by atoms with Crippen molar-refractivity contribution in [3.63, 3.8) is 0 Å². The average molecular weight is 246 g/mol. The summed E-state index contributed by atoms with van der Waals surface area (Å²) < 4.78 is 5.40. The Kier molecular flexibility index (Phi) is 2.31. The molecule has 96 valence electrons. The molecule has 0 aromatic heterocycles. The summed E-state index contributed by atoms with van der Waals surface area (Å²) in [5.41, 5.74) is 0.565. The Hall–Kier alpha value is -1.38. The van der Waals surface area contributed by atoms with E-state index in [1.165, 1.54) is 0 Å². The number of carbonyl (C=O) groups excluding carboxylic acids is 2. The van der Waals surface area contributed by atoms with Crippen molar-refractivity contribution in [2.75, 3.05) is 0 Å². The number of hydrogen-bond donors (Lipinski definition) is 0. The topological polar surface area (TPSA) is 43.4 Å². The molecule has 0 aromatic carbocycles. The first-order chi connectivity index (χ1) is 8.42. The third kappa shape index (κ3) is 1.43. The minimum Gasteiger partial charge on any atom is -0.458 e. The van der Waals surface area contributed by atoms with Gasteiger partial charge in [0.2, 0.25) is 0 Å². The van der Waals surface area contributed by atoms with Crippen molar-refractivity contribution in [3.05, 3.63) is 24.3 Å². The average Bonchev–Trinajstić information content (AvgIpc) is 2.58. The van der Waals surface area contributed by atoms with E-state index in [2.05, 4.69) is 13.5 Å². The van der Waals surface area contributed by atoms with E-state index in [1.54, 1.807) is 6.08 Å². The maximum atomic E-state index is 11.8. The molecule has 1 saturated heterocycles. The van der Waals surface area contributed by atoms with Gasteiger partial charge in [0, 0.05) is 17.4 Å². The highest BCUT2D eigenvalue weighted by atomic mass is 16.6. The lowest BCUT2D eigenvalue weighted by molar-refractivity contribution is -0.143. The predicted octanol–water partition coefficient (Wildman–Crippen LogP) is 2.28. The number of ketones is 1. The molecule has 18 heavy (non-hydrogen) atoms. The second-order valence-electron chi connectivity index (χ2n) is 6.15. The first-order valence-corrected chi connectivity index (χ1v) is 6.55. The molecule has 2 aliphatic carbocycles. The van der Waals surface area contributed by atoms with Crippen LogP contribution in [0.15, 0.2) is 24.3 Å². The van der Waals surface area contributed by atoms with Gasteiger partial charge in [-0.2, -0.15) is 0 Å². The van der Waals surface area contributed by atoms with Gasteiger partial charge >= 0.3 is 5.97 Å². The predicted molar refractivity (Wildman–Crippen MR) is 66.7 cm³/mol. The summed E-state index contributed by atoms with van der Waals surface area (Å²) in [5, 5.41) is 0. The van der Waals surface area contributed by atoms with E-state index in [9.17, 15) is 9.59 Å². The molecule has 3 nitrogen and oxygen atoms in total. The highest BCUT2D eigenvalue weighted by Crippen LogP contribution is 2.54. The Morgan fingerprint density at radius 2 is 2.17 bits per heavy atom. The Labute approximate surface area is 107 Å². The molecular formula is C15H18O3. The van der Waals surface area contributed by atoms with E-state index in [4.69, 9.17) is 4.74 Å². The zero-order valence-electron chi connectivity index (χ0n) is 10.8. The van der Waals surface area contributed by atoms with Gasteiger partial charge in [-0.1, -0.05) is 26.5 Å². The molecule has 3 aliphatic rings. The second-order valence-corrected chi connectivity index (χ2v) is 6.15. The van der Waals surface area contributed by atoms with E-state index in [-0.39, 0.29) is 35.1 Å². The Morgan fingerprint density at radius 3 is 2.89 bits per heavy atom. The SMILES string of the molecule is C=C1C(=O)O[C@@H]2C[C@@]3(C)C=CC(=O)[C@H](C)[C@@H]3C[C@H]12. The van der Waals surface area contributed by atoms with Gasteiger partial charge in [-0.05, 0) is 30.3 Å². The normalized spacial score (nSPS) is 46.7. The molecule has 1 heterocycles. The van der Waals surface area contributed by atoms with Gasteiger partial charge in [-0.15, -0.1) is 0 Å². The van der Waals surface area contributed by atoms with Crippen LogP contribution in [0.3, 0.4) is 0 Å². The number of carbonyl (C=O) groups is 2. The number of rotatable bonds is 0. The minimum atomic E-state index is -0.254. The molecule has 0 radical (unpaired) electrons. The van der Waals surface area contributed by atoms with Gasteiger partial charge < -0.3 is 4.74 Å². The molecule has 0 bridgehead atoms. The van der Waals surface area contributed by atoms with Crippen LogP contribution in [-0.4, -0.2) is 17.9 Å². The summed E-state index contributed by atoms with van der Waals surface area (Å²) in [5.74, 6) is 0.381. The molecule has 0 amide bonds. The fourth-order valence-electron chi connectivity index (χ4n) is 3.87. The van der Waals surface area contributed by atoms with Crippen LogP contribution in [0, 0.1) is 23.2 Å². The smallest absolute Gasteiger partial charge is 0.334 e. The number of fused-ring (bicyclic) bond motifs is 2. The first-order valence-electron chi connectivity index (χ1n) is 6.55. The lowest BCUT2D eigenvalue weighted by atomic mass is 9.56. The van der Waals surface area contributed by atoms with Crippen LogP contribution < -0.4 is 0 Å². The maximum absolute atomic E-state index is 11.8. The van der Waals surface area contributed by atoms with Crippen molar-refractivity contribution < 1.29 is 14.3 Å². The van der Waals surface area contributed by atoms with Gasteiger partial charge in [-0.25, -0.2) is 4.79 Å². The standard InChI is InChI=1S/C15H18O3/c1-8-10-6-11-9(2)12(16)4-5-15(11,3)7-13(10)18-14(8)17/h4-5,9-11,13H,1,6-7H2,2-3H3/t9-,10-,11+,13-,15-/m1/s1. The Bertz CT molecular complexity index is 476. The Balaban J connectivity index is 1.96. The fourth-order valence-corrected chi connectivity index (χ4v) is 3.87. The summed E-state index contributed by atoms with van der Waals surface area (Å²) in [6.45, 7) is 8.01. The minimum absolute atomic E-state index is 0.0284. The second kappa shape index (κ2) is 3.56. The molecule has 3 heteroatoms. The molecule has 0 aromatic rings. The van der Waals surface area contributed by atoms with Crippen LogP contribution in [0.1, 0.15) is 26.7 Å². The third-order valence-electron chi connectivity index (χ3n) is 5.09. The molecule has 5 atom stereocenters. The molecule has 1 saturated carbocycles. The van der Waals surface area contributed by atoms with Gasteiger partial charge in [0.15, 0.2) is 5.78 Å². The van der Waals surface area contributed by atoms with Crippen LogP contribution in [0.5, 0.6) is 0 Å². The third-order valence-corrected chi connectivity index (χ3v) is 5.09. The summed E-state index contributed by atoms with van der Waals surface area (Å²) >= 11 is 0. The van der Waals surface area contributed by atoms with Gasteiger partial charge in [0.25, 0.3) is 0 Å². The summed E-state index contributed by atoms with van der Waals surface area (Å²) in [6, 6.07) is 0. The van der Waals surface area contributed by atoms with E-state index < -0.39 is 0 Å². The van der Waals surface area contributed by atoms with Crippen molar-refractivity contribution in [1.82, 2.24) is 0 Å². The molecule has 3 rings (SSSR count). The van der Waals surface area contributed by atoms with Crippen molar-refractivity contribution in [2.45, 2.75) is 32.8 Å². The van der Waals surface area contributed by atoms with Crippen molar-refractivity contribution in [2.24, 2.45) is 23.2 Å². The first kappa shape index (κ1) is 11.7. The zero-order valence-corrected chi connectivity index (χ0v) is 10.8. The van der Waals surface area contributed by atoms with Crippen LogP contribution in [-0.2, 0) is 14.3 Å². The zero-order chi connectivity index (χ0) is 13.1. The monoisotopic (exact) mass is 246 g/mol.